The second kappa shape index (κ2) is 7.00. The third-order valence-corrected chi connectivity index (χ3v) is 1.90. The zero-order chi connectivity index (χ0) is 11.8. The average molecular weight is 214 g/mol. The highest BCUT2D eigenvalue weighted by molar-refractivity contribution is 5.86. The van der Waals surface area contributed by atoms with Crippen molar-refractivity contribution in [3.05, 3.63) is 12.2 Å². The van der Waals surface area contributed by atoms with E-state index in [0.717, 1.165) is 6.42 Å². The number of aliphatic carboxylic acids is 1. The zero-order valence-corrected chi connectivity index (χ0v) is 9.25. The maximum atomic E-state index is 11.1. The van der Waals surface area contributed by atoms with Crippen LogP contribution in [0.5, 0.6) is 0 Å². The molecular weight excluding hydrogens is 196 g/mol. The fourth-order valence-electron chi connectivity index (χ4n) is 1.15. The highest BCUT2D eigenvalue weighted by Crippen LogP contribution is 1.98. The Balaban J connectivity index is 4.20. The standard InChI is InChI=1S/C10H18N2O3/c1-4-5-12(7-9(13)11-3)6-8(2)10(14)15/h2,4-7H2,1,3H3,(H,11,13)(H,14,15). The number of rotatable bonds is 7. The highest BCUT2D eigenvalue weighted by Gasteiger charge is 2.13. The summed E-state index contributed by atoms with van der Waals surface area (Å²) in [4.78, 5) is 23.4. The Morgan fingerprint density at radius 3 is 2.40 bits per heavy atom. The van der Waals surface area contributed by atoms with Gasteiger partial charge in [0.05, 0.1) is 6.54 Å². The van der Waals surface area contributed by atoms with Crippen LogP contribution in [0, 0.1) is 0 Å². The predicted molar refractivity (Wildman–Crippen MR) is 57.6 cm³/mol. The molecule has 1 amide bonds. The summed E-state index contributed by atoms with van der Waals surface area (Å²) in [5, 5.41) is 11.2. The maximum Gasteiger partial charge on any atom is 0.332 e. The minimum atomic E-state index is -1.02. The molecule has 0 saturated carbocycles. The summed E-state index contributed by atoms with van der Waals surface area (Å²) < 4.78 is 0. The smallest absolute Gasteiger partial charge is 0.332 e. The topological polar surface area (TPSA) is 69.6 Å². The first kappa shape index (κ1) is 13.6. The van der Waals surface area contributed by atoms with E-state index in [2.05, 4.69) is 11.9 Å². The number of likely N-dealkylation sites (N-methyl/N-ethyl adjacent to an activating group) is 1. The molecule has 0 spiro atoms. The van der Waals surface area contributed by atoms with Crippen molar-refractivity contribution in [1.29, 1.82) is 0 Å². The van der Waals surface area contributed by atoms with E-state index in [4.69, 9.17) is 5.11 Å². The lowest BCUT2D eigenvalue weighted by Crippen LogP contribution is -2.37. The summed E-state index contributed by atoms with van der Waals surface area (Å²) in [6, 6.07) is 0. The molecule has 0 unspecified atom stereocenters. The molecule has 0 aromatic rings. The van der Waals surface area contributed by atoms with E-state index in [1.807, 2.05) is 6.92 Å². The molecule has 0 aliphatic heterocycles. The van der Waals surface area contributed by atoms with Gasteiger partial charge in [0.25, 0.3) is 0 Å². The SMILES string of the molecule is C=C(CN(CCC)CC(=O)NC)C(=O)O. The molecule has 0 heterocycles. The van der Waals surface area contributed by atoms with Gasteiger partial charge >= 0.3 is 5.97 Å². The molecule has 0 saturated heterocycles. The van der Waals surface area contributed by atoms with Crippen molar-refractivity contribution in [2.45, 2.75) is 13.3 Å². The van der Waals surface area contributed by atoms with Crippen molar-refractivity contribution in [2.24, 2.45) is 0 Å². The Hall–Kier alpha value is -1.36. The van der Waals surface area contributed by atoms with Crippen LogP contribution in [0.3, 0.4) is 0 Å². The first-order valence-electron chi connectivity index (χ1n) is 4.85. The van der Waals surface area contributed by atoms with Gasteiger partial charge in [-0.2, -0.15) is 0 Å². The van der Waals surface area contributed by atoms with E-state index in [1.54, 1.807) is 11.9 Å². The van der Waals surface area contributed by atoms with Crippen LogP contribution in [0.1, 0.15) is 13.3 Å². The molecule has 5 heteroatoms. The van der Waals surface area contributed by atoms with Crippen molar-refractivity contribution in [3.63, 3.8) is 0 Å². The molecule has 0 bridgehead atoms. The van der Waals surface area contributed by atoms with Crippen molar-refractivity contribution in [2.75, 3.05) is 26.7 Å². The van der Waals surface area contributed by atoms with Gasteiger partial charge < -0.3 is 10.4 Å². The molecule has 0 radical (unpaired) electrons. The quantitative estimate of drug-likeness (QED) is 0.589. The van der Waals surface area contributed by atoms with E-state index in [9.17, 15) is 9.59 Å². The van der Waals surface area contributed by atoms with Crippen LogP contribution >= 0.6 is 0 Å². The number of amides is 1. The van der Waals surface area contributed by atoms with E-state index >= 15 is 0 Å². The van der Waals surface area contributed by atoms with Gasteiger partial charge in [-0.15, -0.1) is 0 Å². The number of nitrogens with one attached hydrogen (secondary N) is 1. The summed E-state index contributed by atoms with van der Waals surface area (Å²) in [5.74, 6) is -1.14. The lowest BCUT2D eigenvalue weighted by atomic mass is 10.2. The fraction of sp³-hybridized carbons (Fsp3) is 0.600. The normalized spacial score (nSPS) is 10.1. The monoisotopic (exact) mass is 214 g/mol. The molecule has 0 aliphatic rings. The maximum absolute atomic E-state index is 11.1. The van der Waals surface area contributed by atoms with Crippen LogP contribution in [0.2, 0.25) is 0 Å². The van der Waals surface area contributed by atoms with Gasteiger partial charge in [0, 0.05) is 19.2 Å². The van der Waals surface area contributed by atoms with Gasteiger partial charge in [0.1, 0.15) is 0 Å². The molecule has 0 rings (SSSR count). The Morgan fingerprint density at radius 1 is 1.40 bits per heavy atom. The third-order valence-electron chi connectivity index (χ3n) is 1.90. The van der Waals surface area contributed by atoms with Gasteiger partial charge in [-0.3, -0.25) is 9.69 Å². The van der Waals surface area contributed by atoms with Gasteiger partial charge in [-0.25, -0.2) is 4.79 Å². The first-order chi connectivity index (χ1) is 7.01. The van der Waals surface area contributed by atoms with Crippen molar-refractivity contribution >= 4 is 11.9 Å². The summed E-state index contributed by atoms with van der Waals surface area (Å²) in [7, 11) is 1.55. The van der Waals surface area contributed by atoms with E-state index in [1.165, 1.54) is 0 Å². The number of carbonyl (C=O) groups is 2. The molecule has 0 aromatic heterocycles. The molecule has 15 heavy (non-hydrogen) atoms. The van der Waals surface area contributed by atoms with Crippen LogP contribution in [0.15, 0.2) is 12.2 Å². The van der Waals surface area contributed by atoms with Crippen molar-refractivity contribution in [1.82, 2.24) is 10.2 Å². The van der Waals surface area contributed by atoms with Crippen LogP contribution in [-0.4, -0.2) is 48.6 Å². The second-order valence-electron chi connectivity index (χ2n) is 3.29. The van der Waals surface area contributed by atoms with E-state index in [0.29, 0.717) is 6.54 Å². The lowest BCUT2D eigenvalue weighted by molar-refractivity contribution is -0.133. The second-order valence-corrected chi connectivity index (χ2v) is 3.29. The Bertz CT molecular complexity index is 251. The van der Waals surface area contributed by atoms with Gasteiger partial charge in [0.15, 0.2) is 0 Å². The molecule has 0 aromatic carbocycles. The number of nitrogens with zero attached hydrogens (tertiary/aromatic N) is 1. The van der Waals surface area contributed by atoms with E-state index in [-0.39, 0.29) is 24.6 Å². The van der Waals surface area contributed by atoms with Crippen molar-refractivity contribution in [3.8, 4) is 0 Å². The Morgan fingerprint density at radius 2 is 2.00 bits per heavy atom. The summed E-state index contributed by atoms with van der Waals surface area (Å²) in [6.07, 6.45) is 0.865. The molecule has 86 valence electrons. The number of carbonyl (C=O) groups excluding carboxylic acids is 1. The molecule has 2 N–H and O–H groups in total. The molecular formula is C10H18N2O3. The van der Waals surface area contributed by atoms with Crippen LogP contribution in [0.25, 0.3) is 0 Å². The van der Waals surface area contributed by atoms with Gasteiger partial charge in [-0.1, -0.05) is 13.5 Å². The summed E-state index contributed by atoms with van der Waals surface area (Å²) in [5.41, 5.74) is 0.104. The molecule has 0 fully saturated rings. The average Bonchev–Trinajstić information content (AvgIpc) is 2.17. The van der Waals surface area contributed by atoms with Crippen LogP contribution < -0.4 is 5.32 Å². The Kier molecular flexibility index (Phi) is 6.37. The van der Waals surface area contributed by atoms with Gasteiger partial charge in [-0.05, 0) is 13.0 Å². The van der Waals surface area contributed by atoms with Crippen LogP contribution in [-0.2, 0) is 9.59 Å². The minimum absolute atomic E-state index is 0.104. The Labute approximate surface area is 89.8 Å². The lowest BCUT2D eigenvalue weighted by Gasteiger charge is -2.20. The third kappa shape index (κ3) is 5.85. The van der Waals surface area contributed by atoms with Crippen molar-refractivity contribution < 1.29 is 14.7 Å². The van der Waals surface area contributed by atoms with Gasteiger partial charge in [0.2, 0.25) is 5.91 Å². The molecule has 5 nitrogen and oxygen atoms in total. The van der Waals surface area contributed by atoms with E-state index < -0.39 is 5.97 Å². The molecule has 0 aliphatic carbocycles. The first-order valence-corrected chi connectivity index (χ1v) is 4.85. The number of carboxylic acid groups (broad SMARTS) is 1. The number of hydrogen-bond donors (Lipinski definition) is 2. The fourth-order valence-corrected chi connectivity index (χ4v) is 1.15. The number of hydrogen-bond acceptors (Lipinski definition) is 3. The number of carboxylic acids is 1. The highest BCUT2D eigenvalue weighted by atomic mass is 16.4. The minimum Gasteiger partial charge on any atom is -0.478 e. The largest absolute Gasteiger partial charge is 0.478 e. The van der Waals surface area contributed by atoms with Crippen LogP contribution in [0.4, 0.5) is 0 Å². The predicted octanol–water partition coefficient (Wildman–Crippen LogP) is 0.0852. The molecule has 0 atom stereocenters. The zero-order valence-electron chi connectivity index (χ0n) is 9.25. The summed E-state index contributed by atoms with van der Waals surface area (Å²) in [6.45, 7) is 6.51. The summed E-state index contributed by atoms with van der Waals surface area (Å²) >= 11 is 0.